The van der Waals surface area contributed by atoms with Crippen molar-refractivity contribution in [3.05, 3.63) is 26.8 Å². The summed E-state index contributed by atoms with van der Waals surface area (Å²) in [5.74, 6) is -0.861. The van der Waals surface area contributed by atoms with Gasteiger partial charge in [0.25, 0.3) is 6.43 Å². The summed E-state index contributed by atoms with van der Waals surface area (Å²) in [5, 5.41) is 0. The van der Waals surface area contributed by atoms with E-state index in [1.165, 1.54) is 6.92 Å². The number of hydrogen-bond acceptors (Lipinski definition) is 1. The molecule has 0 unspecified atom stereocenters. The Labute approximate surface area is 81.1 Å². The maximum Gasteiger partial charge on any atom is 0.264 e. The third-order valence-electron chi connectivity index (χ3n) is 1.46. The van der Waals surface area contributed by atoms with Crippen LogP contribution in [-0.2, 0) is 0 Å². The molecule has 0 aliphatic carbocycles. The summed E-state index contributed by atoms with van der Waals surface area (Å²) in [6.45, 7) is 1.50. The van der Waals surface area contributed by atoms with Gasteiger partial charge < -0.3 is 0 Å². The van der Waals surface area contributed by atoms with Crippen molar-refractivity contribution in [1.29, 1.82) is 0 Å². The number of halogens is 4. The quantitative estimate of drug-likeness (QED) is 0.571. The number of hydrogen-bond donors (Lipinski definition) is 0. The molecule has 0 N–H and O–H groups in total. The summed E-state index contributed by atoms with van der Waals surface area (Å²) < 4.78 is 37.2. The highest BCUT2D eigenvalue weighted by Crippen LogP contribution is 2.25. The predicted octanol–water partition coefficient (Wildman–Crippen LogP) is 3.07. The van der Waals surface area contributed by atoms with Crippen molar-refractivity contribution in [2.24, 2.45) is 0 Å². The fourth-order valence-corrected chi connectivity index (χ4v) is 1.33. The molecule has 0 amide bonds. The number of pyridine rings is 1. The van der Waals surface area contributed by atoms with E-state index < -0.39 is 12.4 Å². The first-order valence-electron chi connectivity index (χ1n) is 3.13. The average molecular weight is 287 g/mol. The van der Waals surface area contributed by atoms with Crippen LogP contribution in [0.3, 0.4) is 0 Å². The molecule has 0 fully saturated rings. The molecular formula is C7H5F3IN. The molecule has 0 aliphatic rings. The summed E-state index contributed by atoms with van der Waals surface area (Å²) in [4.78, 5) is 3.40. The summed E-state index contributed by atoms with van der Waals surface area (Å²) >= 11 is 1.72. The second-order valence-corrected chi connectivity index (χ2v) is 3.27. The van der Waals surface area contributed by atoms with E-state index in [4.69, 9.17) is 0 Å². The molecule has 0 aromatic carbocycles. The molecule has 0 spiro atoms. The van der Waals surface area contributed by atoms with Crippen molar-refractivity contribution in [3.8, 4) is 0 Å². The molecule has 12 heavy (non-hydrogen) atoms. The van der Waals surface area contributed by atoms with Crippen molar-refractivity contribution < 1.29 is 13.2 Å². The monoisotopic (exact) mass is 287 g/mol. The van der Waals surface area contributed by atoms with E-state index in [1.54, 1.807) is 22.6 Å². The highest BCUT2D eigenvalue weighted by atomic mass is 127. The third kappa shape index (κ3) is 1.88. The van der Waals surface area contributed by atoms with Crippen molar-refractivity contribution >= 4 is 22.6 Å². The van der Waals surface area contributed by atoms with Gasteiger partial charge in [-0.1, -0.05) is 0 Å². The Morgan fingerprint density at radius 2 is 2.08 bits per heavy atom. The lowest BCUT2D eigenvalue weighted by atomic mass is 10.2. The molecule has 1 aromatic rings. The SMILES string of the molecule is Cc1c(C(F)F)cc(F)nc1I. The van der Waals surface area contributed by atoms with Crippen LogP contribution in [0, 0.1) is 16.6 Å². The Kier molecular flexibility index (Phi) is 2.92. The van der Waals surface area contributed by atoms with E-state index in [9.17, 15) is 13.2 Å². The largest absolute Gasteiger partial charge is 0.264 e. The average Bonchev–Trinajstić information content (AvgIpc) is 1.96. The standard InChI is InChI=1S/C7H5F3IN/c1-3-4(6(9)10)2-5(8)12-7(3)11/h2,6H,1H3. The first-order chi connectivity index (χ1) is 5.52. The third-order valence-corrected chi connectivity index (χ3v) is 2.51. The Hall–Kier alpha value is -0.330. The van der Waals surface area contributed by atoms with Gasteiger partial charge in [0.2, 0.25) is 5.95 Å². The Morgan fingerprint density at radius 3 is 2.58 bits per heavy atom. The number of rotatable bonds is 1. The zero-order chi connectivity index (χ0) is 9.30. The summed E-state index contributed by atoms with van der Waals surface area (Å²) in [6, 6.07) is 0.766. The van der Waals surface area contributed by atoms with Crippen molar-refractivity contribution in [3.63, 3.8) is 0 Å². The summed E-state index contributed by atoms with van der Waals surface area (Å²) in [7, 11) is 0. The summed E-state index contributed by atoms with van der Waals surface area (Å²) in [5.41, 5.74) is 0.0545. The van der Waals surface area contributed by atoms with E-state index in [0.717, 1.165) is 6.07 Å². The minimum atomic E-state index is -2.64. The lowest BCUT2D eigenvalue weighted by molar-refractivity contribution is 0.149. The van der Waals surface area contributed by atoms with Gasteiger partial charge in [-0.15, -0.1) is 0 Å². The zero-order valence-electron chi connectivity index (χ0n) is 6.11. The fraction of sp³-hybridized carbons (Fsp3) is 0.286. The normalized spacial score (nSPS) is 10.8. The van der Waals surface area contributed by atoms with Crippen LogP contribution >= 0.6 is 22.6 Å². The smallest absolute Gasteiger partial charge is 0.213 e. The van der Waals surface area contributed by atoms with Crippen LogP contribution in [0.1, 0.15) is 17.6 Å². The second-order valence-electron chi connectivity index (χ2n) is 2.25. The molecule has 66 valence electrons. The van der Waals surface area contributed by atoms with Crippen LogP contribution in [0.4, 0.5) is 13.2 Å². The Balaban J connectivity index is 3.28. The maximum atomic E-state index is 12.5. The molecule has 0 bridgehead atoms. The van der Waals surface area contributed by atoms with Gasteiger partial charge >= 0.3 is 0 Å². The van der Waals surface area contributed by atoms with Gasteiger partial charge in [-0.2, -0.15) is 4.39 Å². The minimum absolute atomic E-state index is 0.280. The van der Waals surface area contributed by atoms with E-state index in [1.807, 2.05) is 0 Å². The first-order valence-corrected chi connectivity index (χ1v) is 4.21. The van der Waals surface area contributed by atoms with Crippen LogP contribution in [0.25, 0.3) is 0 Å². The van der Waals surface area contributed by atoms with Crippen LogP contribution in [0.5, 0.6) is 0 Å². The van der Waals surface area contributed by atoms with Gasteiger partial charge in [-0.05, 0) is 35.1 Å². The molecular weight excluding hydrogens is 282 g/mol. The minimum Gasteiger partial charge on any atom is -0.213 e. The maximum absolute atomic E-state index is 12.5. The van der Waals surface area contributed by atoms with E-state index >= 15 is 0 Å². The molecule has 1 heterocycles. The number of nitrogens with zero attached hydrogens (tertiary/aromatic N) is 1. The predicted molar refractivity (Wildman–Crippen MR) is 46.6 cm³/mol. The second kappa shape index (κ2) is 3.59. The van der Waals surface area contributed by atoms with Crippen LogP contribution in [0.2, 0.25) is 0 Å². The molecule has 0 saturated heterocycles. The topological polar surface area (TPSA) is 12.9 Å². The van der Waals surface area contributed by atoms with Gasteiger partial charge in [0.15, 0.2) is 0 Å². The number of aromatic nitrogens is 1. The van der Waals surface area contributed by atoms with Gasteiger partial charge in [-0.25, -0.2) is 13.8 Å². The molecule has 0 radical (unpaired) electrons. The van der Waals surface area contributed by atoms with Crippen LogP contribution < -0.4 is 0 Å². The van der Waals surface area contributed by atoms with Gasteiger partial charge in [-0.3, -0.25) is 0 Å². The zero-order valence-corrected chi connectivity index (χ0v) is 8.27. The Bertz CT molecular complexity index is 301. The number of alkyl halides is 2. The van der Waals surface area contributed by atoms with Crippen molar-refractivity contribution in [2.75, 3.05) is 0 Å². The lowest BCUT2D eigenvalue weighted by Gasteiger charge is -2.05. The molecule has 0 saturated carbocycles. The van der Waals surface area contributed by atoms with E-state index in [0.29, 0.717) is 5.56 Å². The van der Waals surface area contributed by atoms with Crippen molar-refractivity contribution in [2.45, 2.75) is 13.3 Å². The highest BCUT2D eigenvalue weighted by Gasteiger charge is 2.14. The molecule has 5 heteroatoms. The van der Waals surface area contributed by atoms with Crippen LogP contribution in [-0.4, -0.2) is 4.98 Å². The highest BCUT2D eigenvalue weighted by molar-refractivity contribution is 14.1. The lowest BCUT2D eigenvalue weighted by Crippen LogP contribution is -1.98. The fourth-order valence-electron chi connectivity index (χ4n) is 0.792. The van der Waals surface area contributed by atoms with Gasteiger partial charge in [0.1, 0.15) is 3.70 Å². The van der Waals surface area contributed by atoms with Crippen molar-refractivity contribution in [1.82, 2.24) is 4.98 Å². The molecule has 0 aliphatic heterocycles. The molecule has 1 aromatic heterocycles. The summed E-state index contributed by atoms with van der Waals surface area (Å²) in [6.07, 6.45) is -2.64. The van der Waals surface area contributed by atoms with E-state index in [-0.39, 0.29) is 9.26 Å². The van der Waals surface area contributed by atoms with E-state index in [2.05, 4.69) is 4.98 Å². The molecule has 0 atom stereocenters. The first kappa shape index (κ1) is 9.76. The van der Waals surface area contributed by atoms with Crippen LogP contribution in [0.15, 0.2) is 6.07 Å². The van der Waals surface area contributed by atoms with Gasteiger partial charge in [0, 0.05) is 11.6 Å². The van der Waals surface area contributed by atoms with Gasteiger partial charge in [0.05, 0.1) is 0 Å². The Morgan fingerprint density at radius 1 is 1.50 bits per heavy atom. The molecule has 1 rings (SSSR count). The molecule has 1 nitrogen and oxygen atoms in total.